The van der Waals surface area contributed by atoms with Crippen molar-refractivity contribution in [2.24, 2.45) is 0 Å². The van der Waals surface area contributed by atoms with Crippen molar-refractivity contribution in [2.75, 3.05) is 6.61 Å². The van der Waals surface area contributed by atoms with Crippen LogP contribution >= 0.6 is 0 Å². The minimum absolute atomic E-state index is 0.00178. The van der Waals surface area contributed by atoms with Gasteiger partial charge in [-0.3, -0.25) is 0 Å². The van der Waals surface area contributed by atoms with Crippen molar-refractivity contribution >= 4 is 11.0 Å². The lowest BCUT2D eigenvalue weighted by Gasteiger charge is -2.20. The van der Waals surface area contributed by atoms with Crippen LogP contribution in [0.4, 0.5) is 0 Å². The molecule has 0 saturated heterocycles. The summed E-state index contributed by atoms with van der Waals surface area (Å²) in [6, 6.07) is 16.7. The topological polar surface area (TPSA) is 27.1 Å². The van der Waals surface area contributed by atoms with E-state index in [1.807, 2.05) is 6.07 Å². The summed E-state index contributed by atoms with van der Waals surface area (Å²) in [5, 5.41) is 0. The number of hydrogen-bond acceptors (Lipinski definition) is 2. The Hall–Kier alpha value is -2.29. The maximum Gasteiger partial charge on any atom is 0.119 e. The Balaban J connectivity index is 1.78. The molecule has 24 heavy (non-hydrogen) atoms. The van der Waals surface area contributed by atoms with E-state index in [0.29, 0.717) is 6.61 Å². The monoisotopic (exact) mass is 322 g/mol. The smallest absolute Gasteiger partial charge is 0.119 e. The molecular weight excluding hydrogens is 296 g/mol. The number of aryl methyl sites for hydroxylation is 1. The quantitative estimate of drug-likeness (QED) is 0.663. The van der Waals surface area contributed by atoms with Crippen LogP contribution in [0.2, 0.25) is 0 Å². The van der Waals surface area contributed by atoms with Gasteiger partial charge in [-0.05, 0) is 36.2 Å². The summed E-state index contributed by atoms with van der Waals surface area (Å²) in [6.07, 6.45) is 1.05. The van der Waals surface area contributed by atoms with Gasteiger partial charge in [0, 0.05) is 5.41 Å². The van der Waals surface area contributed by atoms with E-state index in [2.05, 4.69) is 74.7 Å². The fraction of sp³-hybridized carbons (Fsp3) is 0.381. The van der Waals surface area contributed by atoms with E-state index in [1.54, 1.807) is 0 Å². The highest BCUT2D eigenvalue weighted by molar-refractivity contribution is 5.76. The molecule has 0 spiro atoms. The van der Waals surface area contributed by atoms with Crippen LogP contribution in [-0.4, -0.2) is 16.2 Å². The molecule has 2 aromatic carbocycles. The largest absolute Gasteiger partial charge is 0.492 e. The zero-order valence-electron chi connectivity index (χ0n) is 15.0. The third kappa shape index (κ3) is 3.45. The second-order valence-electron chi connectivity index (χ2n) is 7.17. The molecule has 0 amide bonds. The van der Waals surface area contributed by atoms with Crippen molar-refractivity contribution in [1.29, 1.82) is 0 Å². The van der Waals surface area contributed by atoms with Crippen LogP contribution in [0.1, 0.15) is 39.1 Å². The predicted octanol–water partition coefficient (Wildman–Crippen LogP) is 4.98. The van der Waals surface area contributed by atoms with Crippen LogP contribution in [0.25, 0.3) is 11.0 Å². The maximum absolute atomic E-state index is 5.95. The van der Waals surface area contributed by atoms with E-state index in [4.69, 9.17) is 9.72 Å². The molecule has 3 nitrogen and oxygen atoms in total. The van der Waals surface area contributed by atoms with Gasteiger partial charge in [0.05, 0.1) is 17.6 Å². The lowest BCUT2D eigenvalue weighted by molar-refractivity contribution is 0.295. The third-order valence-electron chi connectivity index (χ3n) is 4.24. The minimum Gasteiger partial charge on any atom is -0.492 e. The number of hydrogen-bond donors (Lipinski definition) is 0. The number of aromatic nitrogens is 2. The molecule has 1 aromatic heterocycles. The van der Waals surface area contributed by atoms with Gasteiger partial charge in [-0.2, -0.15) is 0 Å². The Bertz CT molecular complexity index is 810. The van der Waals surface area contributed by atoms with Gasteiger partial charge < -0.3 is 9.30 Å². The summed E-state index contributed by atoms with van der Waals surface area (Å²) < 4.78 is 8.23. The molecule has 0 atom stereocenters. The van der Waals surface area contributed by atoms with Gasteiger partial charge in [0.2, 0.25) is 0 Å². The SMILES string of the molecule is CCc1ccc(OCCn2c(C(C)(C)C)nc3ccccc32)cc1. The number of benzene rings is 2. The lowest BCUT2D eigenvalue weighted by Crippen LogP contribution is -2.21. The predicted molar refractivity (Wildman–Crippen MR) is 99.7 cm³/mol. The van der Waals surface area contributed by atoms with Gasteiger partial charge in [0.1, 0.15) is 18.2 Å². The third-order valence-corrected chi connectivity index (χ3v) is 4.24. The van der Waals surface area contributed by atoms with Crippen molar-refractivity contribution < 1.29 is 4.74 Å². The average molecular weight is 322 g/mol. The molecule has 3 rings (SSSR count). The normalized spacial score (nSPS) is 11.8. The number of rotatable bonds is 5. The van der Waals surface area contributed by atoms with Crippen LogP contribution in [0.15, 0.2) is 48.5 Å². The highest BCUT2D eigenvalue weighted by Gasteiger charge is 2.22. The van der Waals surface area contributed by atoms with Gasteiger partial charge in [-0.1, -0.05) is 52.0 Å². The Morgan fingerprint density at radius 3 is 2.38 bits per heavy atom. The van der Waals surface area contributed by atoms with Crippen molar-refractivity contribution in [3.63, 3.8) is 0 Å². The summed E-state index contributed by atoms with van der Waals surface area (Å²) in [5.41, 5.74) is 3.56. The molecule has 1 heterocycles. The number of nitrogens with zero attached hydrogens (tertiary/aromatic N) is 2. The molecule has 0 aliphatic rings. The Labute approximate surface area is 144 Å². The zero-order valence-corrected chi connectivity index (χ0v) is 15.0. The van der Waals surface area contributed by atoms with Crippen molar-refractivity contribution in [3.05, 3.63) is 59.9 Å². The Morgan fingerprint density at radius 1 is 1.00 bits per heavy atom. The fourth-order valence-electron chi connectivity index (χ4n) is 2.95. The van der Waals surface area contributed by atoms with Crippen LogP contribution < -0.4 is 4.74 Å². The number of ether oxygens (including phenoxy) is 1. The molecule has 0 aliphatic heterocycles. The number of para-hydroxylation sites is 2. The van der Waals surface area contributed by atoms with Crippen LogP contribution in [0, 0.1) is 0 Å². The first kappa shape index (κ1) is 16.6. The molecule has 0 aliphatic carbocycles. The van der Waals surface area contributed by atoms with E-state index in [1.165, 1.54) is 11.1 Å². The van der Waals surface area contributed by atoms with E-state index >= 15 is 0 Å². The summed E-state index contributed by atoms with van der Waals surface area (Å²) in [7, 11) is 0. The van der Waals surface area contributed by atoms with E-state index in [-0.39, 0.29) is 5.41 Å². The van der Waals surface area contributed by atoms with Gasteiger partial charge in [-0.25, -0.2) is 4.98 Å². The highest BCUT2D eigenvalue weighted by Crippen LogP contribution is 2.26. The lowest BCUT2D eigenvalue weighted by atomic mass is 9.95. The van der Waals surface area contributed by atoms with Gasteiger partial charge in [0.25, 0.3) is 0 Å². The Morgan fingerprint density at radius 2 is 1.71 bits per heavy atom. The summed E-state index contributed by atoms with van der Waals surface area (Å²) in [6.45, 7) is 10.2. The highest BCUT2D eigenvalue weighted by atomic mass is 16.5. The van der Waals surface area contributed by atoms with E-state index in [9.17, 15) is 0 Å². The minimum atomic E-state index is 0.00178. The number of imidazole rings is 1. The standard InChI is InChI=1S/C21H26N2O/c1-5-16-10-12-17(13-11-16)24-15-14-23-19-9-7-6-8-18(19)22-20(23)21(2,3)4/h6-13H,5,14-15H2,1-4H3. The first-order valence-corrected chi connectivity index (χ1v) is 8.66. The second kappa shape index (κ2) is 6.68. The van der Waals surface area contributed by atoms with Crippen LogP contribution in [0.3, 0.4) is 0 Å². The average Bonchev–Trinajstić information content (AvgIpc) is 2.95. The molecular formula is C21H26N2O. The second-order valence-corrected chi connectivity index (χ2v) is 7.17. The molecule has 0 unspecified atom stereocenters. The molecule has 0 radical (unpaired) electrons. The number of fused-ring (bicyclic) bond motifs is 1. The molecule has 0 N–H and O–H groups in total. The molecule has 126 valence electrons. The summed E-state index contributed by atoms with van der Waals surface area (Å²) >= 11 is 0. The molecule has 0 saturated carbocycles. The zero-order chi connectivity index (χ0) is 17.2. The molecule has 3 aromatic rings. The molecule has 3 heteroatoms. The van der Waals surface area contributed by atoms with Crippen molar-refractivity contribution in [1.82, 2.24) is 9.55 Å². The van der Waals surface area contributed by atoms with Crippen LogP contribution in [-0.2, 0) is 18.4 Å². The van der Waals surface area contributed by atoms with Crippen molar-refractivity contribution in [2.45, 2.75) is 46.1 Å². The van der Waals surface area contributed by atoms with E-state index < -0.39 is 0 Å². The molecule has 0 bridgehead atoms. The van der Waals surface area contributed by atoms with E-state index in [0.717, 1.165) is 30.1 Å². The fourth-order valence-corrected chi connectivity index (χ4v) is 2.95. The summed E-state index contributed by atoms with van der Waals surface area (Å²) in [4.78, 5) is 4.84. The molecule has 0 fully saturated rings. The maximum atomic E-state index is 5.95. The summed E-state index contributed by atoms with van der Waals surface area (Å²) in [5.74, 6) is 2.03. The Kier molecular flexibility index (Phi) is 4.61. The first-order chi connectivity index (χ1) is 11.5. The van der Waals surface area contributed by atoms with Crippen molar-refractivity contribution in [3.8, 4) is 5.75 Å². The van der Waals surface area contributed by atoms with Gasteiger partial charge >= 0.3 is 0 Å². The van der Waals surface area contributed by atoms with Crippen LogP contribution in [0.5, 0.6) is 5.75 Å². The van der Waals surface area contributed by atoms with Gasteiger partial charge in [0.15, 0.2) is 0 Å². The first-order valence-electron chi connectivity index (χ1n) is 8.66. The van der Waals surface area contributed by atoms with Gasteiger partial charge in [-0.15, -0.1) is 0 Å².